The van der Waals surface area contributed by atoms with Crippen LogP contribution in [0.5, 0.6) is 0 Å². The summed E-state index contributed by atoms with van der Waals surface area (Å²) in [5.74, 6) is 1.19. The van der Waals surface area contributed by atoms with Crippen molar-refractivity contribution < 1.29 is 0 Å². The Morgan fingerprint density at radius 1 is 1.31 bits per heavy atom. The van der Waals surface area contributed by atoms with Crippen LogP contribution < -0.4 is 5.73 Å². The topological polar surface area (TPSA) is 41.8 Å². The first kappa shape index (κ1) is 10.2. The quantitative estimate of drug-likeness (QED) is 0.793. The summed E-state index contributed by atoms with van der Waals surface area (Å²) < 4.78 is 0. The number of nitrogens with two attached hydrogens (primary N) is 1. The van der Waals surface area contributed by atoms with E-state index in [1.54, 1.807) is 0 Å². The van der Waals surface area contributed by atoms with E-state index in [0.29, 0.717) is 11.3 Å². The maximum atomic E-state index is 6.05. The maximum Gasteiger partial charge on any atom is 0.0457 e. The van der Waals surface area contributed by atoms with Crippen molar-refractivity contribution in [3.05, 3.63) is 36.0 Å². The molecule has 2 heterocycles. The number of rotatable bonds is 1. The summed E-state index contributed by atoms with van der Waals surface area (Å²) in [4.78, 5) is 3.35. The Balaban J connectivity index is 1.99. The van der Waals surface area contributed by atoms with Crippen LogP contribution in [0.1, 0.15) is 23.7 Å². The summed E-state index contributed by atoms with van der Waals surface area (Å²) in [6, 6.07) is 8.88. The van der Waals surface area contributed by atoms with Crippen molar-refractivity contribution in [3.63, 3.8) is 0 Å². The normalized spacial score (nSPS) is 26.1. The Hall–Kier alpha value is -0.930. The number of H-pyrrole nitrogens is 1. The first-order valence-electron chi connectivity index (χ1n) is 5.78. The van der Waals surface area contributed by atoms with Gasteiger partial charge in [-0.15, -0.1) is 0 Å². The smallest absolute Gasteiger partial charge is 0.0457 e. The summed E-state index contributed by atoms with van der Waals surface area (Å²) in [6.45, 7) is 0. The minimum atomic E-state index is 0.375. The number of hydrogen-bond donors (Lipinski definition) is 2. The Kier molecular flexibility index (Phi) is 2.65. The van der Waals surface area contributed by atoms with Gasteiger partial charge in [0.15, 0.2) is 0 Å². The molecule has 1 aromatic carbocycles. The van der Waals surface area contributed by atoms with Crippen LogP contribution in [0.2, 0.25) is 0 Å². The van der Waals surface area contributed by atoms with Crippen LogP contribution in [0.4, 0.5) is 0 Å². The van der Waals surface area contributed by atoms with Gasteiger partial charge in [-0.3, -0.25) is 0 Å². The third kappa shape index (κ3) is 1.74. The van der Waals surface area contributed by atoms with Gasteiger partial charge in [0.2, 0.25) is 0 Å². The molecule has 0 radical (unpaired) electrons. The van der Waals surface area contributed by atoms with Gasteiger partial charge in [-0.25, -0.2) is 0 Å². The Bertz CT molecular complexity index is 491. The third-order valence-electron chi connectivity index (χ3n) is 3.29. The predicted octanol–water partition coefficient (Wildman–Crippen LogP) is 3.06. The van der Waals surface area contributed by atoms with Gasteiger partial charge in [-0.1, -0.05) is 18.2 Å². The Morgan fingerprint density at radius 2 is 2.19 bits per heavy atom. The van der Waals surface area contributed by atoms with E-state index in [4.69, 9.17) is 5.73 Å². The molecule has 2 unspecified atom stereocenters. The molecule has 2 nitrogen and oxygen atoms in total. The molecule has 3 rings (SSSR count). The van der Waals surface area contributed by atoms with E-state index in [0.717, 1.165) is 12.8 Å². The fourth-order valence-corrected chi connectivity index (χ4v) is 3.88. The third-order valence-corrected chi connectivity index (χ3v) is 4.61. The van der Waals surface area contributed by atoms with E-state index in [1.165, 1.54) is 22.2 Å². The van der Waals surface area contributed by atoms with Gasteiger partial charge in [0, 0.05) is 28.4 Å². The Morgan fingerprint density at radius 3 is 3.06 bits per heavy atom. The maximum absolute atomic E-state index is 6.05. The van der Waals surface area contributed by atoms with E-state index in [-0.39, 0.29) is 0 Å². The average molecular weight is 232 g/mol. The van der Waals surface area contributed by atoms with Crippen LogP contribution in [0.3, 0.4) is 0 Å². The first-order valence-corrected chi connectivity index (χ1v) is 6.82. The molecule has 16 heavy (non-hydrogen) atoms. The molecule has 0 aliphatic carbocycles. The number of aromatic amines is 1. The van der Waals surface area contributed by atoms with E-state index < -0.39 is 0 Å². The molecule has 0 bridgehead atoms. The molecular weight excluding hydrogens is 216 g/mol. The van der Waals surface area contributed by atoms with E-state index in [1.807, 2.05) is 11.8 Å². The number of benzene rings is 1. The minimum absolute atomic E-state index is 0.375. The van der Waals surface area contributed by atoms with Crippen LogP contribution in [-0.4, -0.2) is 16.8 Å². The predicted molar refractivity (Wildman–Crippen MR) is 70.7 cm³/mol. The second-order valence-corrected chi connectivity index (χ2v) is 5.74. The lowest BCUT2D eigenvalue weighted by Gasteiger charge is -2.25. The number of thioether (sulfide) groups is 1. The van der Waals surface area contributed by atoms with Gasteiger partial charge in [0.1, 0.15) is 0 Å². The van der Waals surface area contributed by atoms with E-state index in [9.17, 15) is 0 Å². The Labute approximate surface area is 99.6 Å². The molecular formula is C13H16N2S. The van der Waals surface area contributed by atoms with Gasteiger partial charge in [-0.2, -0.15) is 11.8 Å². The molecule has 2 aromatic rings. The van der Waals surface area contributed by atoms with E-state index in [2.05, 4.69) is 35.4 Å². The van der Waals surface area contributed by atoms with Crippen molar-refractivity contribution >= 4 is 22.7 Å². The van der Waals surface area contributed by atoms with Crippen LogP contribution >= 0.6 is 11.8 Å². The van der Waals surface area contributed by atoms with Crippen molar-refractivity contribution in [1.29, 1.82) is 0 Å². The highest BCUT2D eigenvalue weighted by Crippen LogP contribution is 2.40. The van der Waals surface area contributed by atoms with Crippen molar-refractivity contribution in [2.45, 2.75) is 24.1 Å². The fraction of sp³-hybridized carbons (Fsp3) is 0.385. The molecule has 2 atom stereocenters. The van der Waals surface area contributed by atoms with Crippen molar-refractivity contribution in [1.82, 2.24) is 4.98 Å². The van der Waals surface area contributed by atoms with Crippen molar-refractivity contribution in [2.24, 2.45) is 5.73 Å². The molecule has 3 N–H and O–H groups in total. The number of aromatic nitrogens is 1. The van der Waals surface area contributed by atoms with Crippen molar-refractivity contribution in [3.8, 4) is 0 Å². The van der Waals surface area contributed by atoms with Gasteiger partial charge < -0.3 is 10.7 Å². The van der Waals surface area contributed by atoms with Crippen LogP contribution in [0.15, 0.2) is 30.5 Å². The summed E-state index contributed by atoms with van der Waals surface area (Å²) in [5, 5.41) is 1.93. The fourth-order valence-electron chi connectivity index (χ4n) is 2.40. The SMILES string of the molecule is NC1CCSC(c2c[nH]c3ccccc23)C1. The molecule has 3 heteroatoms. The van der Waals surface area contributed by atoms with Gasteiger partial charge >= 0.3 is 0 Å². The van der Waals surface area contributed by atoms with Crippen LogP contribution in [-0.2, 0) is 0 Å². The van der Waals surface area contributed by atoms with Gasteiger partial charge in [0.05, 0.1) is 0 Å². The average Bonchev–Trinajstić information content (AvgIpc) is 2.72. The standard InChI is InChI=1S/C13H16N2S/c14-9-5-6-16-13(7-9)11-8-15-12-4-2-1-3-10(11)12/h1-4,8-9,13,15H,5-7,14H2. The highest BCUT2D eigenvalue weighted by molar-refractivity contribution is 7.99. The largest absolute Gasteiger partial charge is 0.361 e. The second-order valence-electron chi connectivity index (χ2n) is 4.43. The summed E-state index contributed by atoms with van der Waals surface area (Å²) in [7, 11) is 0. The molecule has 1 aliphatic heterocycles. The van der Waals surface area contributed by atoms with Crippen LogP contribution in [0, 0.1) is 0 Å². The molecule has 0 spiro atoms. The van der Waals surface area contributed by atoms with Gasteiger partial charge in [-0.05, 0) is 30.2 Å². The van der Waals surface area contributed by atoms with Crippen molar-refractivity contribution in [2.75, 3.05) is 5.75 Å². The number of para-hydroxylation sites is 1. The monoisotopic (exact) mass is 232 g/mol. The zero-order valence-corrected chi connectivity index (χ0v) is 9.96. The first-order chi connectivity index (χ1) is 7.84. The molecule has 0 saturated carbocycles. The lowest BCUT2D eigenvalue weighted by atomic mass is 10.0. The van der Waals surface area contributed by atoms with Crippen LogP contribution in [0.25, 0.3) is 10.9 Å². The number of nitrogens with one attached hydrogen (secondary N) is 1. The lowest BCUT2D eigenvalue weighted by Crippen LogP contribution is -2.26. The zero-order chi connectivity index (χ0) is 11.0. The number of hydrogen-bond acceptors (Lipinski definition) is 2. The highest BCUT2D eigenvalue weighted by atomic mass is 32.2. The minimum Gasteiger partial charge on any atom is -0.361 e. The zero-order valence-electron chi connectivity index (χ0n) is 9.15. The molecule has 1 aliphatic rings. The molecule has 1 aromatic heterocycles. The van der Waals surface area contributed by atoms with E-state index >= 15 is 0 Å². The summed E-state index contributed by atoms with van der Waals surface area (Å²) in [6.07, 6.45) is 4.41. The lowest BCUT2D eigenvalue weighted by molar-refractivity contribution is 0.576. The molecule has 1 fully saturated rings. The molecule has 84 valence electrons. The summed E-state index contributed by atoms with van der Waals surface area (Å²) >= 11 is 2.04. The highest BCUT2D eigenvalue weighted by Gasteiger charge is 2.23. The summed E-state index contributed by atoms with van der Waals surface area (Å²) in [5.41, 5.74) is 8.71. The molecule has 1 saturated heterocycles. The molecule has 0 amide bonds. The second kappa shape index (κ2) is 4.15. The van der Waals surface area contributed by atoms with Gasteiger partial charge in [0.25, 0.3) is 0 Å². The number of fused-ring (bicyclic) bond motifs is 1.